The lowest BCUT2D eigenvalue weighted by atomic mass is 10.1. The van der Waals surface area contributed by atoms with Crippen LogP contribution in [-0.2, 0) is 0 Å². The van der Waals surface area contributed by atoms with Crippen molar-refractivity contribution in [1.29, 1.82) is 0 Å². The highest BCUT2D eigenvalue weighted by molar-refractivity contribution is 9.10. The Balaban J connectivity index is 1.80. The van der Waals surface area contributed by atoms with Crippen LogP contribution >= 0.6 is 15.9 Å². The Kier molecular flexibility index (Phi) is 5.51. The lowest BCUT2D eigenvalue weighted by Crippen LogP contribution is -2.05. The third kappa shape index (κ3) is 4.39. The molecule has 2 nitrogen and oxygen atoms in total. The number of carbonyl (C=O) groups is 1. The van der Waals surface area contributed by atoms with Gasteiger partial charge in [-0.15, -0.1) is 0 Å². The van der Waals surface area contributed by atoms with Crippen molar-refractivity contribution in [3.63, 3.8) is 0 Å². The van der Waals surface area contributed by atoms with E-state index in [0.29, 0.717) is 30.6 Å². The molecule has 110 valence electrons. The minimum Gasteiger partial charge on any atom is -0.490 e. The summed E-state index contributed by atoms with van der Waals surface area (Å²) in [6.07, 6.45) is 0.942. The molecule has 0 atom stereocenters. The lowest BCUT2D eigenvalue weighted by molar-refractivity contribution is 0.0973. The molecule has 0 aliphatic heterocycles. The Labute approximate surface area is 132 Å². The van der Waals surface area contributed by atoms with E-state index in [-0.39, 0.29) is 17.3 Å². The number of carbonyl (C=O) groups excluding carboxylic acids is 1. The van der Waals surface area contributed by atoms with Crippen LogP contribution in [0.3, 0.4) is 0 Å². The van der Waals surface area contributed by atoms with Crippen LogP contribution in [-0.4, -0.2) is 12.4 Å². The average Bonchev–Trinajstić information content (AvgIpc) is 2.48. The van der Waals surface area contributed by atoms with Gasteiger partial charge < -0.3 is 4.74 Å². The molecule has 0 aromatic heterocycles. The van der Waals surface area contributed by atoms with Crippen LogP contribution < -0.4 is 4.74 Å². The molecule has 0 amide bonds. The predicted molar refractivity (Wildman–Crippen MR) is 84.3 cm³/mol. The third-order valence-corrected chi connectivity index (χ3v) is 3.66. The highest BCUT2D eigenvalue weighted by Gasteiger charge is 2.08. The monoisotopic (exact) mass is 350 g/mol. The summed E-state index contributed by atoms with van der Waals surface area (Å²) in [7, 11) is 0. The van der Waals surface area contributed by atoms with Crippen LogP contribution in [0.15, 0.2) is 46.9 Å². The second kappa shape index (κ2) is 7.36. The van der Waals surface area contributed by atoms with Gasteiger partial charge in [0.05, 0.1) is 6.61 Å². The van der Waals surface area contributed by atoms with E-state index in [2.05, 4.69) is 15.9 Å². The molecular weight excluding hydrogens is 335 g/mol. The topological polar surface area (TPSA) is 26.3 Å². The second-order valence-electron chi connectivity index (χ2n) is 4.77. The maximum atomic E-state index is 13.7. The summed E-state index contributed by atoms with van der Waals surface area (Å²) in [6, 6.07) is 12.3. The van der Waals surface area contributed by atoms with E-state index in [1.54, 1.807) is 37.3 Å². The minimum atomic E-state index is -0.336. The zero-order chi connectivity index (χ0) is 15.2. The summed E-state index contributed by atoms with van der Waals surface area (Å²) >= 11 is 3.33. The Hall–Kier alpha value is -1.68. The highest BCUT2D eigenvalue weighted by atomic mass is 79.9. The molecule has 2 rings (SSSR count). The highest BCUT2D eigenvalue weighted by Crippen LogP contribution is 2.20. The van der Waals surface area contributed by atoms with Crippen LogP contribution in [0.4, 0.5) is 4.39 Å². The van der Waals surface area contributed by atoms with Crippen molar-refractivity contribution in [1.82, 2.24) is 0 Å². The first-order chi connectivity index (χ1) is 10.1. The Morgan fingerprint density at radius 3 is 2.62 bits per heavy atom. The van der Waals surface area contributed by atoms with Crippen molar-refractivity contribution < 1.29 is 13.9 Å². The number of Topliss-reactive ketones (excluding diaryl/α,β-unsaturated/α-hetero) is 1. The van der Waals surface area contributed by atoms with E-state index < -0.39 is 0 Å². The van der Waals surface area contributed by atoms with E-state index >= 15 is 0 Å². The number of aryl methyl sites for hydroxylation is 1. The quantitative estimate of drug-likeness (QED) is 0.544. The molecule has 0 unspecified atom stereocenters. The maximum absolute atomic E-state index is 13.7. The van der Waals surface area contributed by atoms with E-state index in [1.165, 1.54) is 0 Å². The molecule has 4 heteroatoms. The van der Waals surface area contributed by atoms with E-state index in [1.807, 2.05) is 12.1 Å². The largest absolute Gasteiger partial charge is 0.490 e. The minimum absolute atomic E-state index is 0.0656. The van der Waals surface area contributed by atoms with Gasteiger partial charge in [-0.05, 0) is 37.1 Å². The van der Waals surface area contributed by atoms with E-state index in [0.717, 1.165) is 4.47 Å². The van der Waals surface area contributed by atoms with Crippen LogP contribution in [0.5, 0.6) is 5.75 Å². The van der Waals surface area contributed by atoms with Gasteiger partial charge in [0, 0.05) is 16.5 Å². The molecule has 0 heterocycles. The molecule has 0 aliphatic carbocycles. The summed E-state index contributed by atoms with van der Waals surface area (Å²) < 4.78 is 20.0. The molecule has 0 N–H and O–H groups in total. The standard InChI is InChI=1S/C17H16BrFO2/c1-12-4-2-6-16(17(12)19)21-11-3-5-15(20)13-7-9-14(18)10-8-13/h2,4,6-10H,3,5,11H2,1H3. The maximum Gasteiger partial charge on any atom is 0.167 e. The van der Waals surface area contributed by atoms with Gasteiger partial charge in [0.15, 0.2) is 17.3 Å². The number of ketones is 1. The fraction of sp³-hybridized carbons (Fsp3) is 0.235. The number of ether oxygens (including phenoxy) is 1. The van der Waals surface area contributed by atoms with Gasteiger partial charge in [-0.25, -0.2) is 4.39 Å². The van der Waals surface area contributed by atoms with Crippen molar-refractivity contribution in [3.05, 3.63) is 63.9 Å². The first kappa shape index (κ1) is 15.7. The summed E-state index contributed by atoms with van der Waals surface area (Å²) in [6.45, 7) is 2.02. The molecule has 0 spiro atoms. The summed E-state index contributed by atoms with van der Waals surface area (Å²) in [5.41, 5.74) is 1.23. The molecule has 0 fully saturated rings. The second-order valence-corrected chi connectivity index (χ2v) is 5.68. The SMILES string of the molecule is Cc1cccc(OCCCC(=O)c2ccc(Br)cc2)c1F. The van der Waals surface area contributed by atoms with Crippen LogP contribution in [0, 0.1) is 12.7 Å². The zero-order valence-electron chi connectivity index (χ0n) is 11.7. The molecule has 0 radical (unpaired) electrons. The van der Waals surface area contributed by atoms with E-state index in [9.17, 15) is 9.18 Å². The van der Waals surface area contributed by atoms with Crippen molar-refractivity contribution in [2.45, 2.75) is 19.8 Å². The fourth-order valence-corrected chi connectivity index (χ4v) is 2.19. The summed E-state index contributed by atoms with van der Waals surface area (Å²) in [4.78, 5) is 11.9. The molecule has 2 aromatic carbocycles. The summed E-state index contributed by atoms with van der Waals surface area (Å²) in [5, 5.41) is 0. The van der Waals surface area contributed by atoms with Gasteiger partial charge in [0.2, 0.25) is 0 Å². The molecule has 2 aromatic rings. The van der Waals surface area contributed by atoms with Gasteiger partial charge in [-0.2, -0.15) is 0 Å². The first-order valence-corrected chi connectivity index (χ1v) is 7.54. The van der Waals surface area contributed by atoms with Gasteiger partial charge in [-0.1, -0.05) is 40.2 Å². The fourth-order valence-electron chi connectivity index (χ4n) is 1.93. The molecule has 0 bridgehead atoms. The van der Waals surface area contributed by atoms with Crippen LogP contribution in [0.2, 0.25) is 0 Å². The predicted octanol–water partition coefficient (Wildman–Crippen LogP) is 4.94. The lowest BCUT2D eigenvalue weighted by Gasteiger charge is -2.08. The van der Waals surface area contributed by atoms with Crippen LogP contribution in [0.25, 0.3) is 0 Å². The number of benzene rings is 2. The van der Waals surface area contributed by atoms with Gasteiger partial charge in [-0.3, -0.25) is 4.79 Å². The molecular formula is C17H16BrFO2. The molecule has 0 saturated carbocycles. The van der Waals surface area contributed by atoms with Gasteiger partial charge in [0.1, 0.15) is 0 Å². The van der Waals surface area contributed by atoms with Gasteiger partial charge >= 0.3 is 0 Å². The third-order valence-electron chi connectivity index (χ3n) is 3.13. The number of halogens is 2. The Morgan fingerprint density at radius 2 is 1.90 bits per heavy atom. The van der Waals surface area contributed by atoms with Crippen molar-refractivity contribution >= 4 is 21.7 Å². The molecule has 0 aliphatic rings. The molecule has 21 heavy (non-hydrogen) atoms. The number of hydrogen-bond donors (Lipinski definition) is 0. The van der Waals surface area contributed by atoms with Crippen molar-refractivity contribution in [3.8, 4) is 5.75 Å². The van der Waals surface area contributed by atoms with Gasteiger partial charge in [0.25, 0.3) is 0 Å². The summed E-state index contributed by atoms with van der Waals surface area (Å²) in [5.74, 6) is -0.0290. The van der Waals surface area contributed by atoms with Crippen LogP contribution in [0.1, 0.15) is 28.8 Å². The number of hydrogen-bond acceptors (Lipinski definition) is 2. The van der Waals surface area contributed by atoms with Crippen molar-refractivity contribution in [2.75, 3.05) is 6.61 Å². The van der Waals surface area contributed by atoms with E-state index in [4.69, 9.17) is 4.74 Å². The smallest absolute Gasteiger partial charge is 0.167 e. The Bertz CT molecular complexity index is 623. The molecule has 0 saturated heterocycles. The normalized spacial score (nSPS) is 10.4. The number of rotatable bonds is 6. The average molecular weight is 351 g/mol. The zero-order valence-corrected chi connectivity index (χ0v) is 13.3. The first-order valence-electron chi connectivity index (χ1n) is 6.74. The van der Waals surface area contributed by atoms with Crippen molar-refractivity contribution in [2.24, 2.45) is 0 Å². The Morgan fingerprint density at radius 1 is 1.19 bits per heavy atom.